The van der Waals surface area contributed by atoms with Crippen LogP contribution in [0.25, 0.3) is 0 Å². The summed E-state index contributed by atoms with van der Waals surface area (Å²) in [6, 6.07) is 7.32. The van der Waals surface area contributed by atoms with Crippen molar-refractivity contribution >= 4 is 42.4 Å². The lowest BCUT2D eigenvalue weighted by atomic mass is 9.79. The van der Waals surface area contributed by atoms with E-state index < -0.39 is 26.3 Å². The Morgan fingerprint density at radius 3 is 1.75 bits per heavy atom. The van der Waals surface area contributed by atoms with Crippen LogP contribution in [0.1, 0.15) is 27.7 Å². The molecule has 1 aliphatic rings. The van der Waals surface area contributed by atoms with Crippen molar-refractivity contribution < 1.29 is 35.1 Å². The summed E-state index contributed by atoms with van der Waals surface area (Å²) in [5, 5.41) is 0. The Morgan fingerprint density at radius 2 is 1.36 bits per heavy atom. The van der Waals surface area contributed by atoms with Crippen molar-refractivity contribution in [3.05, 3.63) is 24.3 Å². The lowest BCUT2D eigenvalue weighted by Gasteiger charge is -2.32. The predicted octanol–water partition coefficient (Wildman–Crippen LogP) is 1.53. The summed E-state index contributed by atoms with van der Waals surface area (Å²) in [4.78, 5) is 0. The lowest BCUT2D eigenvalue weighted by molar-refractivity contribution is 0.00578. The monoisotopic (exact) mass is 456 g/mol. The molecular formula is C16H26BClO8S2. The van der Waals surface area contributed by atoms with Crippen LogP contribution in [0.4, 0.5) is 0 Å². The lowest BCUT2D eigenvalue weighted by Crippen LogP contribution is -2.41. The van der Waals surface area contributed by atoms with E-state index in [1.165, 1.54) is 0 Å². The first-order valence-electron chi connectivity index (χ1n) is 8.33. The van der Waals surface area contributed by atoms with Gasteiger partial charge in [-0.3, -0.25) is 4.18 Å². The maximum Gasteiger partial charge on any atom is 0.494 e. The third kappa shape index (κ3) is 9.10. The highest BCUT2D eigenvalue weighted by Gasteiger charge is 2.51. The molecule has 160 valence electrons. The number of halogens is 1. The van der Waals surface area contributed by atoms with Crippen LogP contribution in [0, 0.1) is 0 Å². The molecule has 0 atom stereocenters. The van der Waals surface area contributed by atoms with Gasteiger partial charge in [0.15, 0.2) is 0 Å². The van der Waals surface area contributed by atoms with Crippen molar-refractivity contribution in [2.24, 2.45) is 0 Å². The topological polar surface area (TPSA) is 105 Å². The van der Waals surface area contributed by atoms with E-state index in [-0.39, 0.29) is 24.4 Å². The maximum atomic E-state index is 10.8. The van der Waals surface area contributed by atoms with Crippen LogP contribution in [0.15, 0.2) is 24.3 Å². The number of hydrogen-bond acceptors (Lipinski definition) is 8. The first-order valence-corrected chi connectivity index (χ1v) is 12.9. The SMILES string of the molecule is CC1(C)OB(c2ccc(OCCOS(C)(=O)=O)cc2)OC1(C)C.CS(=O)(=O)Cl. The zero-order chi connectivity index (χ0) is 21.8. The predicted molar refractivity (Wildman–Crippen MR) is 109 cm³/mol. The Kier molecular flexibility index (Phi) is 8.38. The normalized spacial score (nSPS) is 18.3. The molecule has 0 aromatic heterocycles. The van der Waals surface area contributed by atoms with Crippen molar-refractivity contribution in [3.63, 3.8) is 0 Å². The van der Waals surface area contributed by atoms with Gasteiger partial charge in [0, 0.05) is 10.7 Å². The highest BCUT2D eigenvalue weighted by Crippen LogP contribution is 2.36. The molecule has 0 amide bonds. The molecule has 1 heterocycles. The second-order valence-electron chi connectivity index (χ2n) is 7.21. The number of rotatable bonds is 6. The van der Waals surface area contributed by atoms with Gasteiger partial charge in [0.05, 0.1) is 23.7 Å². The zero-order valence-electron chi connectivity index (χ0n) is 16.8. The quantitative estimate of drug-likeness (QED) is 0.275. The summed E-state index contributed by atoms with van der Waals surface area (Å²) in [5.74, 6) is 0.627. The third-order valence-electron chi connectivity index (χ3n) is 4.05. The summed E-state index contributed by atoms with van der Waals surface area (Å²) in [6.07, 6.45) is 1.93. The second kappa shape index (κ2) is 9.31. The fraction of sp³-hybridized carbons (Fsp3) is 0.625. The third-order valence-corrected chi connectivity index (χ3v) is 4.65. The summed E-state index contributed by atoms with van der Waals surface area (Å²) >= 11 is 0. The van der Waals surface area contributed by atoms with Crippen molar-refractivity contribution in [1.29, 1.82) is 0 Å². The first-order chi connectivity index (χ1) is 12.5. The van der Waals surface area contributed by atoms with E-state index in [0.29, 0.717) is 5.75 Å². The van der Waals surface area contributed by atoms with Crippen molar-refractivity contribution in [2.75, 3.05) is 25.7 Å². The van der Waals surface area contributed by atoms with Crippen LogP contribution in [0.3, 0.4) is 0 Å². The Morgan fingerprint density at radius 1 is 0.929 bits per heavy atom. The number of benzene rings is 1. The van der Waals surface area contributed by atoms with E-state index >= 15 is 0 Å². The zero-order valence-corrected chi connectivity index (χ0v) is 19.2. The van der Waals surface area contributed by atoms with Crippen LogP contribution in [0.5, 0.6) is 5.75 Å². The molecule has 1 fully saturated rings. The number of hydrogen-bond donors (Lipinski definition) is 0. The number of ether oxygens (including phenoxy) is 1. The van der Waals surface area contributed by atoms with Crippen LogP contribution >= 0.6 is 10.7 Å². The fourth-order valence-electron chi connectivity index (χ4n) is 2.05. The van der Waals surface area contributed by atoms with Crippen LogP contribution in [-0.2, 0) is 32.7 Å². The van der Waals surface area contributed by atoms with Gasteiger partial charge < -0.3 is 14.0 Å². The second-order valence-corrected chi connectivity index (χ2v) is 11.9. The Hall–Kier alpha value is -0.845. The van der Waals surface area contributed by atoms with Gasteiger partial charge in [-0.25, -0.2) is 8.42 Å². The fourth-order valence-corrected chi connectivity index (χ4v) is 2.42. The average molecular weight is 457 g/mol. The molecule has 0 aliphatic carbocycles. The minimum atomic E-state index is -3.43. The maximum absolute atomic E-state index is 10.8. The van der Waals surface area contributed by atoms with E-state index in [4.69, 9.17) is 14.0 Å². The van der Waals surface area contributed by atoms with Gasteiger partial charge in [0.1, 0.15) is 19.0 Å². The van der Waals surface area contributed by atoms with Crippen molar-refractivity contribution in [1.82, 2.24) is 0 Å². The van der Waals surface area contributed by atoms with Crippen molar-refractivity contribution in [3.8, 4) is 5.75 Å². The highest BCUT2D eigenvalue weighted by atomic mass is 35.7. The Balaban J connectivity index is 0.000000696. The molecule has 8 nitrogen and oxygen atoms in total. The molecule has 0 saturated carbocycles. The molecular weight excluding hydrogens is 431 g/mol. The molecule has 1 aromatic carbocycles. The van der Waals surface area contributed by atoms with Gasteiger partial charge in [0.2, 0.25) is 9.05 Å². The van der Waals surface area contributed by atoms with Gasteiger partial charge in [-0.05, 0) is 45.3 Å². The molecule has 28 heavy (non-hydrogen) atoms. The van der Waals surface area contributed by atoms with Gasteiger partial charge in [-0.15, -0.1) is 0 Å². The van der Waals surface area contributed by atoms with E-state index in [1.54, 1.807) is 12.1 Å². The standard InChI is InChI=1S/C15H23BO6S.CH3ClO2S/c1-14(2)15(3,4)22-16(21-14)12-6-8-13(9-7-12)19-10-11-20-23(5,17)18;1-5(2,3)4/h6-9H,10-11H2,1-5H3;1H3. The largest absolute Gasteiger partial charge is 0.494 e. The van der Waals surface area contributed by atoms with Gasteiger partial charge >= 0.3 is 7.12 Å². The van der Waals surface area contributed by atoms with Gasteiger partial charge in [-0.2, -0.15) is 8.42 Å². The average Bonchev–Trinajstić information content (AvgIpc) is 2.70. The summed E-state index contributed by atoms with van der Waals surface area (Å²) < 4.78 is 62.5. The van der Waals surface area contributed by atoms with E-state index in [1.807, 2.05) is 39.8 Å². The summed E-state index contributed by atoms with van der Waals surface area (Å²) in [5.41, 5.74) is 0.148. The minimum Gasteiger partial charge on any atom is -0.491 e. The van der Waals surface area contributed by atoms with E-state index in [9.17, 15) is 16.8 Å². The molecule has 0 spiro atoms. The van der Waals surface area contributed by atoms with Gasteiger partial charge in [0.25, 0.3) is 10.1 Å². The molecule has 2 rings (SSSR count). The molecule has 0 bridgehead atoms. The summed E-state index contributed by atoms with van der Waals surface area (Å²) in [6.45, 7) is 8.16. The van der Waals surface area contributed by atoms with Gasteiger partial charge in [-0.1, -0.05) is 12.1 Å². The summed E-state index contributed by atoms with van der Waals surface area (Å²) in [7, 11) is -2.54. The van der Waals surface area contributed by atoms with E-state index in [0.717, 1.165) is 18.0 Å². The minimum absolute atomic E-state index is 0.0161. The van der Waals surface area contributed by atoms with E-state index in [2.05, 4.69) is 14.9 Å². The van der Waals surface area contributed by atoms with Crippen LogP contribution in [-0.4, -0.2) is 60.9 Å². The molecule has 12 heteroatoms. The van der Waals surface area contributed by atoms with Crippen LogP contribution in [0.2, 0.25) is 0 Å². The highest BCUT2D eigenvalue weighted by molar-refractivity contribution is 8.13. The smallest absolute Gasteiger partial charge is 0.491 e. The Bertz CT molecular complexity index is 827. The molecule has 1 aromatic rings. The molecule has 0 unspecified atom stereocenters. The molecule has 1 aliphatic heterocycles. The Labute approximate surface area is 172 Å². The van der Waals surface area contributed by atoms with Crippen LogP contribution < -0.4 is 10.2 Å². The first kappa shape index (κ1) is 25.2. The van der Waals surface area contributed by atoms with Crippen molar-refractivity contribution in [2.45, 2.75) is 38.9 Å². The molecule has 1 saturated heterocycles. The molecule has 0 N–H and O–H groups in total. The molecule has 0 radical (unpaired) electrons.